The number of ether oxygens (including phenoxy) is 1. The maximum atomic E-state index is 13.4. The number of methoxy groups -OCH3 is 1. The van der Waals surface area contributed by atoms with Crippen LogP contribution in [0.3, 0.4) is 0 Å². The van der Waals surface area contributed by atoms with Crippen molar-refractivity contribution in [2.75, 3.05) is 14.2 Å². The zero-order chi connectivity index (χ0) is 20.1. The van der Waals surface area contributed by atoms with E-state index in [0.29, 0.717) is 16.2 Å². The largest absolute Gasteiger partial charge is 0.496 e. The van der Waals surface area contributed by atoms with E-state index in [9.17, 15) is 8.42 Å². The summed E-state index contributed by atoms with van der Waals surface area (Å²) in [4.78, 5) is 3.85. The summed E-state index contributed by atoms with van der Waals surface area (Å²) in [6, 6.07) is 11.7. The van der Waals surface area contributed by atoms with Gasteiger partial charge in [0.25, 0.3) is 0 Å². The molecule has 1 N–H and O–H groups in total. The Hall–Kier alpha value is -2.31. The summed E-state index contributed by atoms with van der Waals surface area (Å²) >= 11 is 0. The molecule has 1 unspecified atom stereocenters. The highest BCUT2D eigenvalue weighted by molar-refractivity contribution is 7.89. The van der Waals surface area contributed by atoms with Crippen molar-refractivity contribution < 1.29 is 13.2 Å². The van der Waals surface area contributed by atoms with Crippen LogP contribution >= 0.6 is 0 Å². The van der Waals surface area contributed by atoms with Gasteiger partial charge in [-0.05, 0) is 68.0 Å². The summed E-state index contributed by atoms with van der Waals surface area (Å²) < 4.78 is 33.7. The number of aryl methyl sites for hydroxylation is 3. The van der Waals surface area contributed by atoms with Crippen LogP contribution in [0.2, 0.25) is 0 Å². The molecule has 5 nitrogen and oxygen atoms in total. The molecular weight excluding hydrogens is 372 g/mol. The van der Waals surface area contributed by atoms with Crippen molar-refractivity contribution in [2.45, 2.75) is 44.0 Å². The van der Waals surface area contributed by atoms with Gasteiger partial charge >= 0.3 is 0 Å². The van der Waals surface area contributed by atoms with Gasteiger partial charge in [-0.1, -0.05) is 18.2 Å². The topological polar surface area (TPSA) is 62.4 Å². The zero-order valence-corrected chi connectivity index (χ0v) is 17.6. The summed E-state index contributed by atoms with van der Waals surface area (Å²) in [5, 5.41) is 1.20. The van der Waals surface area contributed by atoms with Crippen molar-refractivity contribution in [3.63, 3.8) is 0 Å². The fraction of sp³-hybridized carbons (Fsp3) is 0.364. The second-order valence-corrected chi connectivity index (χ2v) is 9.60. The van der Waals surface area contributed by atoms with Crippen molar-refractivity contribution in [3.8, 4) is 5.75 Å². The second kappa shape index (κ2) is 6.94. The van der Waals surface area contributed by atoms with Gasteiger partial charge in [0.15, 0.2) is 0 Å². The van der Waals surface area contributed by atoms with Crippen LogP contribution in [0.4, 0.5) is 0 Å². The summed E-state index contributed by atoms with van der Waals surface area (Å²) in [5.74, 6) is 0.709. The van der Waals surface area contributed by atoms with E-state index in [4.69, 9.17) is 4.74 Å². The Morgan fingerprint density at radius 2 is 1.89 bits per heavy atom. The summed E-state index contributed by atoms with van der Waals surface area (Å²) in [5.41, 5.74) is 5.14. The van der Waals surface area contributed by atoms with E-state index < -0.39 is 10.0 Å². The SMILES string of the molecule is COc1cc(C)c(S(=O)(=O)N(C)C2CCc3[nH]c4ccccc4c3C2)cc1C. The van der Waals surface area contributed by atoms with E-state index in [0.717, 1.165) is 30.3 Å². The van der Waals surface area contributed by atoms with Crippen LogP contribution in [0.25, 0.3) is 10.9 Å². The molecule has 1 atom stereocenters. The fourth-order valence-corrected chi connectivity index (χ4v) is 5.95. The van der Waals surface area contributed by atoms with Crippen LogP contribution in [0.5, 0.6) is 5.75 Å². The van der Waals surface area contributed by atoms with Crippen molar-refractivity contribution in [1.29, 1.82) is 0 Å². The molecule has 0 saturated heterocycles. The van der Waals surface area contributed by atoms with Crippen molar-refractivity contribution >= 4 is 20.9 Å². The normalized spacial score (nSPS) is 17.1. The van der Waals surface area contributed by atoms with Gasteiger partial charge in [-0.2, -0.15) is 4.31 Å². The number of sulfonamides is 1. The highest BCUT2D eigenvalue weighted by Gasteiger charge is 2.33. The predicted octanol–water partition coefficient (Wildman–Crippen LogP) is 3.97. The Kier molecular flexibility index (Phi) is 4.71. The third kappa shape index (κ3) is 3.01. The lowest BCUT2D eigenvalue weighted by Crippen LogP contribution is -2.40. The molecule has 0 aliphatic heterocycles. The van der Waals surface area contributed by atoms with E-state index in [1.165, 1.54) is 16.6 Å². The molecule has 0 bridgehead atoms. The highest BCUT2D eigenvalue weighted by atomic mass is 32.2. The van der Waals surface area contributed by atoms with Gasteiger partial charge in [-0.25, -0.2) is 8.42 Å². The fourth-order valence-electron chi connectivity index (χ4n) is 4.27. The minimum atomic E-state index is -3.59. The number of H-pyrrole nitrogens is 1. The summed E-state index contributed by atoms with van der Waals surface area (Å²) in [6.07, 6.45) is 2.39. The molecule has 1 heterocycles. The first-order chi connectivity index (χ1) is 13.3. The number of rotatable bonds is 4. The molecule has 1 aliphatic carbocycles. The molecular formula is C22H26N2O3S. The predicted molar refractivity (Wildman–Crippen MR) is 112 cm³/mol. The van der Waals surface area contributed by atoms with Gasteiger partial charge in [-0.15, -0.1) is 0 Å². The van der Waals surface area contributed by atoms with E-state index in [2.05, 4.69) is 17.1 Å². The Morgan fingerprint density at radius 3 is 2.64 bits per heavy atom. The number of hydrogen-bond donors (Lipinski definition) is 1. The molecule has 0 radical (unpaired) electrons. The zero-order valence-electron chi connectivity index (χ0n) is 16.7. The monoisotopic (exact) mass is 398 g/mol. The first kappa shape index (κ1) is 19.0. The molecule has 148 valence electrons. The van der Waals surface area contributed by atoms with Gasteiger partial charge in [0.05, 0.1) is 12.0 Å². The average Bonchev–Trinajstić information content (AvgIpc) is 3.06. The lowest BCUT2D eigenvalue weighted by Gasteiger charge is -2.31. The third-order valence-corrected chi connectivity index (χ3v) is 7.99. The number of hydrogen-bond acceptors (Lipinski definition) is 3. The molecule has 1 aromatic heterocycles. The molecule has 28 heavy (non-hydrogen) atoms. The molecule has 2 aromatic carbocycles. The molecule has 0 amide bonds. The van der Waals surface area contributed by atoms with Crippen LogP contribution in [-0.4, -0.2) is 37.9 Å². The van der Waals surface area contributed by atoms with E-state index in [-0.39, 0.29) is 6.04 Å². The number of nitrogens with one attached hydrogen (secondary N) is 1. The smallest absolute Gasteiger partial charge is 0.243 e. The van der Waals surface area contributed by atoms with E-state index in [1.54, 1.807) is 30.6 Å². The highest BCUT2D eigenvalue weighted by Crippen LogP contribution is 2.34. The quantitative estimate of drug-likeness (QED) is 0.723. The molecule has 3 aromatic rings. The maximum absolute atomic E-state index is 13.4. The first-order valence-corrected chi connectivity index (χ1v) is 11.0. The average molecular weight is 399 g/mol. The number of fused-ring (bicyclic) bond motifs is 3. The van der Waals surface area contributed by atoms with Gasteiger partial charge < -0.3 is 9.72 Å². The van der Waals surface area contributed by atoms with Crippen LogP contribution in [0.1, 0.15) is 28.8 Å². The Bertz CT molecular complexity index is 1150. The molecule has 4 rings (SSSR count). The lowest BCUT2D eigenvalue weighted by molar-refractivity contribution is 0.335. The Balaban J connectivity index is 1.68. The number of aromatic amines is 1. The maximum Gasteiger partial charge on any atom is 0.243 e. The molecule has 0 fully saturated rings. The number of aromatic nitrogens is 1. The van der Waals surface area contributed by atoms with Gasteiger partial charge in [0.1, 0.15) is 5.75 Å². The minimum absolute atomic E-state index is 0.0569. The number of benzene rings is 2. The summed E-state index contributed by atoms with van der Waals surface area (Å²) in [7, 11) is -0.281. The van der Waals surface area contributed by atoms with Crippen molar-refractivity contribution in [3.05, 3.63) is 58.8 Å². The van der Waals surface area contributed by atoms with Gasteiger partial charge in [0, 0.05) is 29.7 Å². The van der Waals surface area contributed by atoms with E-state index in [1.807, 2.05) is 26.0 Å². The first-order valence-electron chi connectivity index (χ1n) is 9.54. The number of para-hydroxylation sites is 1. The third-order valence-electron chi connectivity index (χ3n) is 5.93. The van der Waals surface area contributed by atoms with Crippen molar-refractivity contribution in [1.82, 2.24) is 9.29 Å². The molecule has 6 heteroatoms. The lowest BCUT2D eigenvalue weighted by atomic mass is 9.91. The number of likely N-dealkylation sites (N-methyl/N-ethyl adjacent to an activating group) is 1. The summed E-state index contributed by atoms with van der Waals surface area (Å²) in [6.45, 7) is 3.69. The minimum Gasteiger partial charge on any atom is -0.496 e. The van der Waals surface area contributed by atoms with Crippen LogP contribution < -0.4 is 4.74 Å². The van der Waals surface area contributed by atoms with Gasteiger partial charge in [0.2, 0.25) is 10.0 Å². The molecule has 0 saturated carbocycles. The van der Waals surface area contributed by atoms with Crippen LogP contribution in [0.15, 0.2) is 41.3 Å². The van der Waals surface area contributed by atoms with Crippen LogP contribution in [-0.2, 0) is 22.9 Å². The van der Waals surface area contributed by atoms with Crippen molar-refractivity contribution in [2.24, 2.45) is 0 Å². The Morgan fingerprint density at radius 1 is 1.14 bits per heavy atom. The standard InChI is InChI=1S/C22H26N2O3S/c1-14-12-22(15(2)11-21(14)27-4)28(25,26)24(3)16-9-10-20-18(13-16)17-7-5-6-8-19(17)23-20/h5-8,11-12,16,23H,9-10,13H2,1-4H3. The van der Waals surface area contributed by atoms with E-state index >= 15 is 0 Å². The second-order valence-electron chi connectivity index (χ2n) is 7.63. The van der Waals surface area contributed by atoms with Crippen LogP contribution in [0, 0.1) is 13.8 Å². The Labute approximate surface area is 166 Å². The molecule has 0 spiro atoms. The molecule has 1 aliphatic rings. The van der Waals surface area contributed by atoms with Gasteiger partial charge in [-0.3, -0.25) is 0 Å². The number of nitrogens with zero attached hydrogens (tertiary/aromatic N) is 1.